The van der Waals surface area contributed by atoms with Gasteiger partial charge in [-0.25, -0.2) is 4.79 Å². The topological polar surface area (TPSA) is 78.8 Å². The maximum Gasteiger partial charge on any atom is 0.407 e. The molecule has 0 unspecified atom stereocenters. The van der Waals surface area contributed by atoms with Crippen LogP contribution < -0.4 is 5.32 Å². The van der Waals surface area contributed by atoms with Gasteiger partial charge in [-0.15, -0.1) is 0 Å². The Morgan fingerprint density at radius 2 is 1.79 bits per heavy atom. The number of hydrogen-bond acceptors (Lipinski definition) is 4. The highest BCUT2D eigenvalue weighted by Gasteiger charge is 1.98. The fraction of sp³-hybridized carbons (Fsp3) is 0.889. The van der Waals surface area contributed by atoms with Crippen LogP contribution in [0.5, 0.6) is 0 Å². The van der Waals surface area contributed by atoms with Crippen LogP contribution in [0.3, 0.4) is 0 Å². The molecule has 0 heterocycles. The van der Waals surface area contributed by atoms with Gasteiger partial charge in [0, 0.05) is 13.2 Å². The summed E-state index contributed by atoms with van der Waals surface area (Å²) in [5.41, 5.74) is 0. The van der Waals surface area contributed by atoms with E-state index < -0.39 is 6.09 Å². The molecular formula is C9H19NO4. The number of amides is 1. The van der Waals surface area contributed by atoms with Gasteiger partial charge in [-0.2, -0.15) is 0 Å². The molecule has 0 rings (SSSR count). The lowest BCUT2D eigenvalue weighted by molar-refractivity contribution is 0.119. The molecule has 0 spiro atoms. The van der Waals surface area contributed by atoms with Crippen LogP contribution in [0.4, 0.5) is 4.79 Å². The summed E-state index contributed by atoms with van der Waals surface area (Å²) in [5.74, 6) is 0. The van der Waals surface area contributed by atoms with E-state index in [9.17, 15) is 4.79 Å². The van der Waals surface area contributed by atoms with Crippen LogP contribution in [-0.4, -0.2) is 42.7 Å². The molecule has 0 aliphatic carbocycles. The molecule has 5 nitrogen and oxygen atoms in total. The molecule has 0 aromatic rings. The fourth-order valence-electron chi connectivity index (χ4n) is 0.970. The van der Waals surface area contributed by atoms with Crippen molar-refractivity contribution in [3.8, 4) is 0 Å². The van der Waals surface area contributed by atoms with Gasteiger partial charge in [0.15, 0.2) is 0 Å². The second-order valence-corrected chi connectivity index (χ2v) is 2.92. The van der Waals surface area contributed by atoms with E-state index in [1.807, 2.05) is 0 Å². The molecule has 0 aliphatic heterocycles. The number of rotatable bonds is 8. The lowest BCUT2D eigenvalue weighted by Gasteiger charge is -2.05. The Hall–Kier alpha value is -0.810. The van der Waals surface area contributed by atoms with Gasteiger partial charge in [-0.3, -0.25) is 0 Å². The molecule has 14 heavy (non-hydrogen) atoms. The maximum atomic E-state index is 10.8. The van der Waals surface area contributed by atoms with Crippen molar-refractivity contribution in [2.45, 2.75) is 25.7 Å². The number of carbonyl (C=O) groups is 1. The molecule has 0 aromatic carbocycles. The first-order valence-corrected chi connectivity index (χ1v) is 4.93. The van der Waals surface area contributed by atoms with Crippen molar-refractivity contribution in [3.05, 3.63) is 0 Å². The van der Waals surface area contributed by atoms with Crippen LogP contribution in [0.2, 0.25) is 0 Å². The highest BCUT2D eigenvalue weighted by atomic mass is 16.6. The standard InChI is InChI=1S/C9H19NO4/c11-6-4-2-1-3-5-10-9(13)14-8-7-12/h11-12H,1-8H2,(H,10,13). The molecule has 5 heteroatoms. The molecule has 0 bridgehead atoms. The summed E-state index contributed by atoms with van der Waals surface area (Å²) < 4.78 is 4.58. The van der Waals surface area contributed by atoms with Crippen molar-refractivity contribution in [1.82, 2.24) is 5.32 Å². The van der Waals surface area contributed by atoms with Crippen LogP contribution in [0.15, 0.2) is 0 Å². The quantitative estimate of drug-likeness (QED) is 0.496. The molecule has 0 radical (unpaired) electrons. The predicted octanol–water partition coefficient (Wildman–Crippen LogP) is 0.258. The first-order chi connectivity index (χ1) is 6.81. The predicted molar refractivity (Wildman–Crippen MR) is 52.0 cm³/mol. The first-order valence-electron chi connectivity index (χ1n) is 4.93. The van der Waals surface area contributed by atoms with Gasteiger partial charge in [0.25, 0.3) is 0 Å². The van der Waals surface area contributed by atoms with Crippen molar-refractivity contribution in [2.75, 3.05) is 26.4 Å². The Bertz CT molecular complexity index is 141. The molecule has 0 saturated carbocycles. The fourth-order valence-corrected chi connectivity index (χ4v) is 0.970. The van der Waals surface area contributed by atoms with Gasteiger partial charge in [-0.05, 0) is 12.8 Å². The SMILES string of the molecule is O=C(NCCCCCCO)OCCO. The van der Waals surface area contributed by atoms with Gasteiger partial charge >= 0.3 is 6.09 Å². The van der Waals surface area contributed by atoms with Crippen molar-refractivity contribution in [1.29, 1.82) is 0 Å². The number of aliphatic hydroxyl groups excluding tert-OH is 2. The number of carbonyl (C=O) groups excluding carboxylic acids is 1. The minimum atomic E-state index is -0.485. The summed E-state index contributed by atoms with van der Waals surface area (Å²) in [6.07, 6.45) is 3.18. The number of aliphatic hydroxyl groups is 2. The Morgan fingerprint density at radius 3 is 2.43 bits per heavy atom. The molecule has 84 valence electrons. The van der Waals surface area contributed by atoms with E-state index in [-0.39, 0.29) is 19.8 Å². The third-order valence-electron chi connectivity index (χ3n) is 1.68. The minimum Gasteiger partial charge on any atom is -0.447 e. The van der Waals surface area contributed by atoms with Crippen molar-refractivity contribution >= 4 is 6.09 Å². The van der Waals surface area contributed by atoms with E-state index >= 15 is 0 Å². The highest BCUT2D eigenvalue weighted by molar-refractivity contribution is 5.66. The molecule has 3 N–H and O–H groups in total. The first kappa shape index (κ1) is 13.2. The van der Waals surface area contributed by atoms with Gasteiger partial charge in [0.05, 0.1) is 6.61 Å². The van der Waals surface area contributed by atoms with E-state index in [2.05, 4.69) is 10.1 Å². The third-order valence-corrected chi connectivity index (χ3v) is 1.68. The summed E-state index contributed by atoms with van der Waals surface area (Å²) in [6, 6.07) is 0. The Balaban J connectivity index is 3.07. The van der Waals surface area contributed by atoms with Crippen molar-refractivity contribution < 1.29 is 19.7 Å². The Morgan fingerprint density at radius 1 is 1.07 bits per heavy atom. The Kier molecular flexibility index (Phi) is 9.68. The van der Waals surface area contributed by atoms with E-state index in [1.54, 1.807) is 0 Å². The van der Waals surface area contributed by atoms with E-state index in [0.717, 1.165) is 25.7 Å². The average Bonchev–Trinajstić information content (AvgIpc) is 2.20. The molecule has 1 amide bonds. The van der Waals surface area contributed by atoms with Crippen molar-refractivity contribution in [3.63, 3.8) is 0 Å². The van der Waals surface area contributed by atoms with E-state index in [0.29, 0.717) is 6.54 Å². The average molecular weight is 205 g/mol. The van der Waals surface area contributed by atoms with Crippen LogP contribution in [0.25, 0.3) is 0 Å². The van der Waals surface area contributed by atoms with Gasteiger partial charge < -0.3 is 20.3 Å². The monoisotopic (exact) mass is 205 g/mol. The maximum absolute atomic E-state index is 10.8. The zero-order valence-corrected chi connectivity index (χ0v) is 8.37. The number of unbranched alkanes of at least 4 members (excludes halogenated alkanes) is 3. The van der Waals surface area contributed by atoms with Crippen LogP contribution in [0.1, 0.15) is 25.7 Å². The Labute approximate surface area is 84.1 Å². The normalized spacial score (nSPS) is 9.86. The molecule has 0 saturated heterocycles. The summed E-state index contributed by atoms with van der Waals surface area (Å²) in [6.45, 7) is 0.696. The molecule has 0 aromatic heterocycles. The lowest BCUT2D eigenvalue weighted by Crippen LogP contribution is -2.26. The summed E-state index contributed by atoms with van der Waals surface area (Å²) >= 11 is 0. The highest BCUT2D eigenvalue weighted by Crippen LogP contribution is 1.97. The van der Waals surface area contributed by atoms with Gasteiger partial charge in [0.1, 0.15) is 6.61 Å². The van der Waals surface area contributed by atoms with Gasteiger partial charge in [0.2, 0.25) is 0 Å². The molecule has 0 atom stereocenters. The smallest absolute Gasteiger partial charge is 0.407 e. The number of nitrogens with one attached hydrogen (secondary N) is 1. The van der Waals surface area contributed by atoms with E-state index in [4.69, 9.17) is 10.2 Å². The number of ether oxygens (including phenoxy) is 1. The number of hydrogen-bond donors (Lipinski definition) is 3. The van der Waals surface area contributed by atoms with E-state index in [1.165, 1.54) is 0 Å². The second-order valence-electron chi connectivity index (χ2n) is 2.92. The van der Waals surface area contributed by atoms with Crippen LogP contribution >= 0.6 is 0 Å². The number of alkyl carbamates (subject to hydrolysis) is 1. The van der Waals surface area contributed by atoms with Crippen LogP contribution in [-0.2, 0) is 4.74 Å². The molecule has 0 aliphatic rings. The molecule has 0 fully saturated rings. The minimum absolute atomic E-state index is 0.0380. The third kappa shape index (κ3) is 9.28. The zero-order valence-electron chi connectivity index (χ0n) is 8.37. The summed E-state index contributed by atoms with van der Waals surface area (Å²) in [5, 5.41) is 19.4. The largest absolute Gasteiger partial charge is 0.447 e. The summed E-state index contributed by atoms with van der Waals surface area (Å²) in [7, 11) is 0. The summed E-state index contributed by atoms with van der Waals surface area (Å²) in [4.78, 5) is 10.8. The van der Waals surface area contributed by atoms with Gasteiger partial charge in [-0.1, -0.05) is 12.8 Å². The van der Waals surface area contributed by atoms with Crippen molar-refractivity contribution in [2.24, 2.45) is 0 Å². The molecular weight excluding hydrogens is 186 g/mol. The second kappa shape index (κ2) is 10.3. The zero-order chi connectivity index (χ0) is 10.6. The van der Waals surface area contributed by atoms with Crippen LogP contribution in [0, 0.1) is 0 Å². The lowest BCUT2D eigenvalue weighted by atomic mass is 10.2.